The van der Waals surface area contributed by atoms with Crippen molar-refractivity contribution >= 4 is 16.9 Å². The first-order valence-corrected chi connectivity index (χ1v) is 8.48. The highest BCUT2D eigenvalue weighted by molar-refractivity contribution is 5.82. The van der Waals surface area contributed by atoms with Crippen molar-refractivity contribution in [2.75, 3.05) is 13.1 Å². The SMILES string of the molecule is CCCCc1oc2ccccc2c1CN1CCC(C)(C(=O)O)C1. The second-order valence-electron chi connectivity index (χ2n) is 6.93. The average molecular weight is 315 g/mol. The van der Waals surface area contributed by atoms with Crippen LogP contribution in [0.25, 0.3) is 11.0 Å². The zero-order chi connectivity index (χ0) is 16.4. The molecule has 1 aromatic carbocycles. The zero-order valence-electron chi connectivity index (χ0n) is 14.0. The maximum Gasteiger partial charge on any atom is 0.310 e. The molecule has 3 rings (SSSR count). The van der Waals surface area contributed by atoms with Gasteiger partial charge < -0.3 is 9.52 Å². The number of aliphatic carboxylic acids is 1. The summed E-state index contributed by atoms with van der Waals surface area (Å²) in [5, 5.41) is 10.6. The molecule has 0 saturated carbocycles. The number of carbonyl (C=O) groups is 1. The van der Waals surface area contributed by atoms with Crippen molar-refractivity contribution in [2.45, 2.75) is 46.1 Å². The molecule has 1 aromatic heterocycles. The molecule has 0 spiro atoms. The molecule has 2 aromatic rings. The summed E-state index contributed by atoms with van der Waals surface area (Å²) >= 11 is 0. The highest BCUT2D eigenvalue weighted by Gasteiger charge is 2.40. The Morgan fingerprint density at radius 2 is 2.17 bits per heavy atom. The molecule has 1 aliphatic heterocycles. The molecule has 0 bridgehead atoms. The molecule has 1 atom stereocenters. The number of furan rings is 1. The van der Waals surface area contributed by atoms with Crippen molar-refractivity contribution in [1.82, 2.24) is 4.90 Å². The van der Waals surface area contributed by atoms with E-state index in [0.29, 0.717) is 13.0 Å². The molecule has 0 aliphatic carbocycles. The average Bonchev–Trinajstić information content (AvgIpc) is 3.08. The zero-order valence-corrected chi connectivity index (χ0v) is 14.0. The van der Waals surface area contributed by atoms with E-state index in [0.717, 1.165) is 43.7 Å². The van der Waals surface area contributed by atoms with Crippen LogP contribution in [0.15, 0.2) is 28.7 Å². The molecule has 124 valence electrons. The number of hydrogen-bond acceptors (Lipinski definition) is 3. The van der Waals surface area contributed by atoms with E-state index in [4.69, 9.17) is 4.42 Å². The highest BCUT2D eigenvalue weighted by Crippen LogP contribution is 2.34. The fraction of sp³-hybridized carbons (Fsp3) is 0.526. The molecule has 1 fully saturated rings. The standard InChI is InChI=1S/C19H25NO3/c1-3-4-8-17-15(14-7-5-6-9-16(14)23-17)12-20-11-10-19(2,13-20)18(21)22/h5-7,9H,3-4,8,10-13H2,1-2H3,(H,21,22). The van der Waals surface area contributed by atoms with Gasteiger partial charge in [0.1, 0.15) is 11.3 Å². The van der Waals surface area contributed by atoms with Crippen LogP contribution in [-0.4, -0.2) is 29.1 Å². The summed E-state index contributed by atoms with van der Waals surface area (Å²) in [6.45, 7) is 6.24. The molecule has 4 heteroatoms. The number of nitrogens with zero attached hydrogens (tertiary/aromatic N) is 1. The van der Waals surface area contributed by atoms with E-state index in [-0.39, 0.29) is 0 Å². The Hall–Kier alpha value is -1.81. The molecule has 1 unspecified atom stereocenters. The summed E-state index contributed by atoms with van der Waals surface area (Å²) in [4.78, 5) is 13.7. The monoisotopic (exact) mass is 315 g/mol. The van der Waals surface area contributed by atoms with Gasteiger partial charge in [-0.05, 0) is 32.4 Å². The number of fused-ring (bicyclic) bond motifs is 1. The summed E-state index contributed by atoms with van der Waals surface area (Å²) in [7, 11) is 0. The Bertz CT molecular complexity index is 706. The van der Waals surface area contributed by atoms with Crippen LogP contribution in [0.1, 0.15) is 44.4 Å². The van der Waals surface area contributed by atoms with E-state index in [2.05, 4.69) is 17.9 Å². The number of hydrogen-bond donors (Lipinski definition) is 1. The lowest BCUT2D eigenvalue weighted by Gasteiger charge is -2.20. The number of likely N-dealkylation sites (tertiary alicyclic amines) is 1. The summed E-state index contributed by atoms with van der Waals surface area (Å²) in [5.74, 6) is 0.375. The van der Waals surface area contributed by atoms with Crippen LogP contribution < -0.4 is 0 Å². The van der Waals surface area contributed by atoms with E-state index in [1.165, 1.54) is 10.9 Å². The first-order valence-electron chi connectivity index (χ1n) is 8.48. The van der Waals surface area contributed by atoms with E-state index in [1.807, 2.05) is 25.1 Å². The molecule has 2 heterocycles. The van der Waals surface area contributed by atoms with E-state index < -0.39 is 11.4 Å². The van der Waals surface area contributed by atoms with Gasteiger partial charge in [0.2, 0.25) is 0 Å². The van der Waals surface area contributed by atoms with Crippen LogP contribution >= 0.6 is 0 Å². The van der Waals surface area contributed by atoms with Crippen molar-refractivity contribution in [3.8, 4) is 0 Å². The van der Waals surface area contributed by atoms with E-state index in [9.17, 15) is 9.90 Å². The van der Waals surface area contributed by atoms with Gasteiger partial charge >= 0.3 is 5.97 Å². The van der Waals surface area contributed by atoms with Crippen molar-refractivity contribution in [2.24, 2.45) is 5.41 Å². The van der Waals surface area contributed by atoms with Crippen molar-refractivity contribution < 1.29 is 14.3 Å². The topological polar surface area (TPSA) is 53.7 Å². The van der Waals surface area contributed by atoms with Gasteiger partial charge in [-0.1, -0.05) is 31.5 Å². The van der Waals surface area contributed by atoms with Gasteiger partial charge in [-0.2, -0.15) is 0 Å². The number of unbranched alkanes of at least 4 members (excludes halogenated alkanes) is 1. The quantitative estimate of drug-likeness (QED) is 0.873. The van der Waals surface area contributed by atoms with Gasteiger partial charge in [0.25, 0.3) is 0 Å². The molecule has 0 radical (unpaired) electrons. The van der Waals surface area contributed by atoms with Crippen LogP contribution in [0, 0.1) is 5.41 Å². The first kappa shape index (κ1) is 16.1. The smallest absolute Gasteiger partial charge is 0.310 e. The van der Waals surface area contributed by atoms with Crippen LogP contribution in [0.5, 0.6) is 0 Å². The lowest BCUT2D eigenvalue weighted by molar-refractivity contribution is -0.147. The molecule has 1 saturated heterocycles. The highest BCUT2D eigenvalue weighted by atomic mass is 16.4. The molecule has 1 N–H and O–H groups in total. The lowest BCUT2D eigenvalue weighted by Crippen LogP contribution is -2.31. The summed E-state index contributed by atoms with van der Waals surface area (Å²) < 4.78 is 6.07. The predicted octanol–water partition coefficient (Wildman–Crippen LogP) is 4.07. The summed E-state index contributed by atoms with van der Waals surface area (Å²) in [6, 6.07) is 8.16. The number of para-hydroxylation sites is 1. The molecular formula is C19H25NO3. The Morgan fingerprint density at radius 3 is 2.87 bits per heavy atom. The fourth-order valence-electron chi connectivity index (χ4n) is 3.45. The van der Waals surface area contributed by atoms with Gasteiger partial charge in [0, 0.05) is 30.5 Å². The number of carboxylic acids is 1. The Balaban J connectivity index is 1.85. The van der Waals surface area contributed by atoms with E-state index in [1.54, 1.807) is 0 Å². The van der Waals surface area contributed by atoms with Crippen molar-refractivity contribution in [3.05, 3.63) is 35.6 Å². The minimum Gasteiger partial charge on any atom is -0.481 e. The summed E-state index contributed by atoms with van der Waals surface area (Å²) in [6.07, 6.45) is 3.91. The second-order valence-corrected chi connectivity index (χ2v) is 6.93. The van der Waals surface area contributed by atoms with Gasteiger partial charge in [-0.15, -0.1) is 0 Å². The van der Waals surface area contributed by atoms with Crippen molar-refractivity contribution in [3.63, 3.8) is 0 Å². The molecule has 1 aliphatic rings. The van der Waals surface area contributed by atoms with Gasteiger partial charge in [-0.3, -0.25) is 9.69 Å². The Labute approximate surface area is 137 Å². The largest absolute Gasteiger partial charge is 0.481 e. The maximum atomic E-state index is 11.4. The number of rotatable bonds is 6. The number of aryl methyl sites for hydroxylation is 1. The second kappa shape index (κ2) is 6.36. The van der Waals surface area contributed by atoms with Crippen LogP contribution in [0.3, 0.4) is 0 Å². The van der Waals surface area contributed by atoms with Crippen molar-refractivity contribution in [1.29, 1.82) is 0 Å². The van der Waals surface area contributed by atoms with Crippen LogP contribution in [0.2, 0.25) is 0 Å². The normalized spacial score (nSPS) is 22.0. The third kappa shape index (κ3) is 3.13. The first-order chi connectivity index (χ1) is 11.0. The van der Waals surface area contributed by atoms with Gasteiger partial charge in [0.15, 0.2) is 0 Å². The minimum atomic E-state index is -0.691. The van der Waals surface area contributed by atoms with E-state index >= 15 is 0 Å². The molecule has 0 amide bonds. The molecule has 23 heavy (non-hydrogen) atoms. The Kier molecular flexibility index (Phi) is 4.44. The Morgan fingerprint density at radius 1 is 1.39 bits per heavy atom. The summed E-state index contributed by atoms with van der Waals surface area (Å²) in [5.41, 5.74) is 1.56. The lowest BCUT2D eigenvalue weighted by atomic mass is 9.90. The number of carboxylic acid groups (broad SMARTS) is 1. The number of benzene rings is 1. The van der Waals surface area contributed by atoms with Gasteiger partial charge in [-0.25, -0.2) is 0 Å². The molecular weight excluding hydrogens is 290 g/mol. The minimum absolute atomic E-state index is 0.606. The predicted molar refractivity (Wildman–Crippen MR) is 90.5 cm³/mol. The third-order valence-corrected chi connectivity index (χ3v) is 4.99. The fourth-order valence-corrected chi connectivity index (χ4v) is 3.45. The van der Waals surface area contributed by atoms with Gasteiger partial charge in [0.05, 0.1) is 5.41 Å². The van der Waals surface area contributed by atoms with Crippen LogP contribution in [0.4, 0.5) is 0 Å². The third-order valence-electron chi connectivity index (χ3n) is 4.99. The van der Waals surface area contributed by atoms with Crippen LogP contribution in [-0.2, 0) is 17.8 Å². The maximum absolute atomic E-state index is 11.4. The molecule has 4 nitrogen and oxygen atoms in total.